The maximum absolute atomic E-state index is 13.2. The van der Waals surface area contributed by atoms with E-state index in [0.717, 1.165) is 11.1 Å². The van der Waals surface area contributed by atoms with Gasteiger partial charge in [-0.1, -0.05) is 35.9 Å². The van der Waals surface area contributed by atoms with Gasteiger partial charge in [0.1, 0.15) is 6.04 Å². The lowest BCUT2D eigenvalue weighted by Crippen LogP contribution is -2.36. The number of hydrogen-bond acceptors (Lipinski definition) is 6. The minimum Gasteiger partial charge on any atom is -0.454 e. The summed E-state index contributed by atoms with van der Waals surface area (Å²) in [7, 11) is 0. The average Bonchev–Trinajstić information content (AvgIpc) is 3.50. The molecular weight excluding hydrogens is 436 g/mol. The van der Waals surface area contributed by atoms with Gasteiger partial charge in [-0.2, -0.15) is 0 Å². The van der Waals surface area contributed by atoms with Gasteiger partial charge in [0.05, 0.1) is 0 Å². The van der Waals surface area contributed by atoms with Gasteiger partial charge in [-0.25, -0.2) is 0 Å². The number of nitrogens with one attached hydrogen (secondary N) is 2. The molecule has 0 saturated heterocycles. The van der Waals surface area contributed by atoms with Crippen LogP contribution in [-0.4, -0.2) is 25.4 Å². The lowest BCUT2D eigenvalue weighted by Gasteiger charge is -2.18. The molecule has 34 heavy (non-hydrogen) atoms. The summed E-state index contributed by atoms with van der Waals surface area (Å²) in [6.45, 7) is 2.28. The van der Waals surface area contributed by atoms with E-state index < -0.39 is 11.9 Å². The number of benzene rings is 3. The van der Waals surface area contributed by atoms with Gasteiger partial charge in [0.2, 0.25) is 19.5 Å². The lowest BCUT2D eigenvalue weighted by atomic mass is 10.0. The van der Waals surface area contributed by atoms with E-state index in [0.29, 0.717) is 34.2 Å². The number of carbonyl (C=O) groups is 2. The largest absolute Gasteiger partial charge is 0.454 e. The number of amides is 2. The van der Waals surface area contributed by atoms with E-state index in [1.54, 1.807) is 36.4 Å². The Morgan fingerprint density at radius 1 is 0.824 bits per heavy atom. The highest BCUT2D eigenvalue weighted by molar-refractivity contribution is 6.00. The Hall–Kier alpha value is -4.46. The number of hydrogen-bond donors (Lipinski definition) is 2. The van der Waals surface area contributed by atoms with Crippen molar-refractivity contribution in [3.05, 3.63) is 83.4 Å². The Morgan fingerprint density at radius 2 is 1.47 bits per heavy atom. The van der Waals surface area contributed by atoms with Gasteiger partial charge < -0.3 is 29.6 Å². The fraction of sp³-hybridized carbons (Fsp3) is 0.154. The predicted molar refractivity (Wildman–Crippen MR) is 125 cm³/mol. The molecule has 2 aliphatic rings. The first kappa shape index (κ1) is 21.4. The van der Waals surface area contributed by atoms with Crippen molar-refractivity contribution in [2.24, 2.45) is 0 Å². The number of anilines is 1. The molecule has 2 amide bonds. The molecule has 2 heterocycles. The van der Waals surface area contributed by atoms with Crippen molar-refractivity contribution in [2.75, 3.05) is 18.9 Å². The second-order valence-electron chi connectivity index (χ2n) is 7.86. The zero-order valence-corrected chi connectivity index (χ0v) is 18.4. The summed E-state index contributed by atoms with van der Waals surface area (Å²) in [5.74, 6) is 1.68. The normalized spacial score (nSPS) is 14.1. The highest BCUT2D eigenvalue weighted by Crippen LogP contribution is 2.35. The van der Waals surface area contributed by atoms with Crippen molar-refractivity contribution in [1.82, 2.24) is 5.32 Å². The standard InChI is InChI=1S/C26H22N2O6/c1-16-2-6-18(7-3-16)25(26(30)27-19-8-10-21-23(13-19)34-15-32-21)28-24(29)11-5-17-4-9-20-22(12-17)33-14-31-20/h2-13,25H,14-15H2,1H3,(H,27,30)(H,28,29)/b11-5-/t25-/m1/s1. The van der Waals surface area contributed by atoms with Crippen LogP contribution in [0.25, 0.3) is 6.08 Å². The lowest BCUT2D eigenvalue weighted by molar-refractivity contribution is -0.123. The van der Waals surface area contributed by atoms with Crippen molar-refractivity contribution >= 4 is 23.6 Å². The van der Waals surface area contributed by atoms with Gasteiger partial charge >= 0.3 is 0 Å². The predicted octanol–water partition coefficient (Wildman–Crippen LogP) is 3.96. The second-order valence-corrected chi connectivity index (χ2v) is 7.86. The SMILES string of the molecule is Cc1ccc([C@@H](NC(=O)/C=C\c2ccc3c(c2)OCO3)C(=O)Nc2ccc3c(c2)OCO3)cc1. The molecule has 2 aliphatic heterocycles. The Labute approximate surface area is 196 Å². The summed E-state index contributed by atoms with van der Waals surface area (Å²) in [4.78, 5) is 25.9. The molecule has 0 aliphatic carbocycles. The minimum absolute atomic E-state index is 0.143. The molecule has 0 bridgehead atoms. The smallest absolute Gasteiger partial charge is 0.251 e. The maximum Gasteiger partial charge on any atom is 0.251 e. The zero-order chi connectivity index (χ0) is 23.5. The summed E-state index contributed by atoms with van der Waals surface area (Å²) >= 11 is 0. The van der Waals surface area contributed by atoms with Crippen LogP contribution in [0, 0.1) is 6.92 Å². The van der Waals surface area contributed by atoms with Gasteiger partial charge in [0, 0.05) is 17.8 Å². The van der Waals surface area contributed by atoms with Crippen LogP contribution in [0.3, 0.4) is 0 Å². The molecule has 0 saturated carbocycles. The average molecular weight is 458 g/mol. The quantitative estimate of drug-likeness (QED) is 0.543. The first-order valence-corrected chi connectivity index (χ1v) is 10.7. The number of ether oxygens (including phenoxy) is 4. The highest BCUT2D eigenvalue weighted by atomic mass is 16.7. The van der Waals surface area contributed by atoms with Crippen molar-refractivity contribution < 1.29 is 28.5 Å². The molecule has 8 nitrogen and oxygen atoms in total. The first-order valence-electron chi connectivity index (χ1n) is 10.7. The molecule has 3 aromatic carbocycles. The van der Waals surface area contributed by atoms with E-state index in [1.165, 1.54) is 6.08 Å². The fourth-order valence-electron chi connectivity index (χ4n) is 3.63. The monoisotopic (exact) mass is 458 g/mol. The summed E-state index contributed by atoms with van der Waals surface area (Å²) in [5, 5.41) is 5.65. The maximum atomic E-state index is 13.2. The molecule has 5 rings (SSSR count). The van der Waals surface area contributed by atoms with Crippen molar-refractivity contribution in [2.45, 2.75) is 13.0 Å². The van der Waals surface area contributed by atoms with Crippen LogP contribution in [0.2, 0.25) is 0 Å². The molecule has 0 spiro atoms. The summed E-state index contributed by atoms with van der Waals surface area (Å²) in [5.41, 5.74) is 3.02. The van der Waals surface area contributed by atoms with Crippen LogP contribution >= 0.6 is 0 Å². The Bertz CT molecular complexity index is 1270. The number of carbonyl (C=O) groups excluding carboxylic acids is 2. The molecule has 8 heteroatoms. The van der Waals surface area contributed by atoms with Gasteiger partial charge in [0.25, 0.3) is 5.91 Å². The molecule has 172 valence electrons. The topological polar surface area (TPSA) is 95.1 Å². The van der Waals surface area contributed by atoms with E-state index in [1.807, 2.05) is 37.3 Å². The zero-order valence-electron chi connectivity index (χ0n) is 18.4. The summed E-state index contributed by atoms with van der Waals surface area (Å²) in [6, 6.07) is 17.1. The Morgan fingerprint density at radius 3 is 2.21 bits per heavy atom. The molecule has 2 N–H and O–H groups in total. The number of aryl methyl sites for hydroxylation is 1. The van der Waals surface area contributed by atoms with Crippen LogP contribution in [0.1, 0.15) is 22.7 Å². The third kappa shape index (κ3) is 4.66. The summed E-state index contributed by atoms with van der Waals surface area (Å²) in [6.07, 6.45) is 3.03. The molecule has 0 fully saturated rings. The minimum atomic E-state index is -0.903. The molecule has 1 atom stereocenters. The highest BCUT2D eigenvalue weighted by Gasteiger charge is 2.23. The summed E-state index contributed by atoms with van der Waals surface area (Å²) < 4.78 is 21.4. The van der Waals surface area contributed by atoms with Crippen molar-refractivity contribution in [3.8, 4) is 23.0 Å². The van der Waals surface area contributed by atoms with Crippen molar-refractivity contribution in [1.29, 1.82) is 0 Å². The van der Waals surface area contributed by atoms with E-state index in [4.69, 9.17) is 18.9 Å². The van der Waals surface area contributed by atoms with Crippen LogP contribution in [-0.2, 0) is 9.59 Å². The molecule has 0 aromatic heterocycles. The van der Waals surface area contributed by atoms with E-state index >= 15 is 0 Å². The fourth-order valence-corrected chi connectivity index (χ4v) is 3.63. The number of fused-ring (bicyclic) bond motifs is 2. The van der Waals surface area contributed by atoms with E-state index in [-0.39, 0.29) is 19.5 Å². The van der Waals surface area contributed by atoms with Gasteiger partial charge in [-0.15, -0.1) is 0 Å². The second kappa shape index (κ2) is 9.19. The Kier molecular flexibility index (Phi) is 5.78. The van der Waals surface area contributed by atoms with Crippen molar-refractivity contribution in [3.63, 3.8) is 0 Å². The van der Waals surface area contributed by atoms with Gasteiger partial charge in [-0.3, -0.25) is 9.59 Å². The third-order valence-corrected chi connectivity index (χ3v) is 5.42. The van der Waals surface area contributed by atoms with E-state index in [9.17, 15) is 9.59 Å². The van der Waals surface area contributed by atoms with Crippen LogP contribution in [0.15, 0.2) is 66.7 Å². The first-order chi connectivity index (χ1) is 16.5. The third-order valence-electron chi connectivity index (χ3n) is 5.42. The molecular formula is C26H22N2O6. The van der Waals surface area contributed by atoms with Gasteiger partial charge in [-0.05, 0) is 48.4 Å². The van der Waals surface area contributed by atoms with Crippen LogP contribution < -0.4 is 29.6 Å². The molecule has 0 unspecified atom stereocenters. The van der Waals surface area contributed by atoms with E-state index in [2.05, 4.69) is 10.6 Å². The van der Waals surface area contributed by atoms with Gasteiger partial charge in [0.15, 0.2) is 23.0 Å². The van der Waals surface area contributed by atoms with Crippen LogP contribution in [0.4, 0.5) is 5.69 Å². The molecule has 3 aromatic rings. The molecule has 0 radical (unpaired) electrons. The number of rotatable bonds is 6. The van der Waals surface area contributed by atoms with Crippen LogP contribution in [0.5, 0.6) is 23.0 Å². The Balaban J connectivity index is 1.32.